The first-order valence-electron chi connectivity index (χ1n) is 47.4. The topological polar surface area (TPSA) is 231 Å². The van der Waals surface area contributed by atoms with Crippen molar-refractivity contribution in [3.8, 4) is 0 Å². The van der Waals surface area contributed by atoms with Gasteiger partial charge in [0, 0.05) is 19.3 Å². The summed E-state index contributed by atoms with van der Waals surface area (Å²) >= 11 is 0. The van der Waals surface area contributed by atoms with Gasteiger partial charge in [-0.1, -0.05) is 390 Å². The number of carbonyl (C=O) groups is 3. The van der Waals surface area contributed by atoms with Gasteiger partial charge < -0.3 is 34.2 Å². The van der Waals surface area contributed by atoms with Gasteiger partial charge in [0.2, 0.25) is 0 Å². The molecule has 5 unspecified atom stereocenters. The van der Waals surface area contributed by atoms with E-state index in [1.807, 2.05) is 0 Å². The highest BCUT2D eigenvalue weighted by Gasteiger charge is 2.29. The molecule has 0 rings (SSSR count). The number of phosphoric ester groups is 2. The van der Waals surface area contributed by atoms with Crippen LogP contribution in [0.4, 0.5) is 0 Å². The fraction of sp³-hybridized carbons (Fsp3) is 0.693. The Kier molecular flexibility index (Phi) is 88.2. The van der Waals surface area contributed by atoms with Gasteiger partial charge in [-0.15, -0.1) is 0 Å². The summed E-state index contributed by atoms with van der Waals surface area (Å²) in [7, 11) is -9.82. The maximum absolute atomic E-state index is 13.0. The molecule has 0 aliphatic heterocycles. The number of ether oxygens (including phenoxy) is 3. The van der Waals surface area contributed by atoms with Crippen LogP contribution in [0.15, 0.2) is 170 Å². The second-order valence-electron chi connectivity index (χ2n) is 31.4. The second kappa shape index (κ2) is 92.1. The third-order valence-corrected chi connectivity index (χ3v) is 21.8. The number of aliphatic hydroxyl groups is 2. The first-order valence-corrected chi connectivity index (χ1v) is 50.4. The summed E-state index contributed by atoms with van der Waals surface area (Å²) in [6.45, 7) is 2.43. The Hall–Kier alpha value is -5.09. The minimum atomic E-state index is -4.95. The van der Waals surface area contributed by atoms with Crippen molar-refractivity contribution >= 4 is 33.6 Å². The average molecular weight is 1700 g/mol. The molecule has 0 heterocycles. The normalized spacial score (nSPS) is 14.5. The van der Waals surface area contributed by atoms with E-state index >= 15 is 0 Å². The van der Waals surface area contributed by atoms with Crippen LogP contribution in [0.5, 0.6) is 0 Å². The maximum atomic E-state index is 13.0. The van der Waals surface area contributed by atoms with E-state index in [2.05, 4.69) is 191 Å². The predicted octanol–water partition coefficient (Wildman–Crippen LogP) is 29.4. The number of aliphatic hydroxyl groups excluding tert-OH is 2. The summed E-state index contributed by atoms with van der Waals surface area (Å²) in [6, 6.07) is 0. The summed E-state index contributed by atoms with van der Waals surface area (Å²) < 4.78 is 61.5. The summed E-state index contributed by atoms with van der Waals surface area (Å²) in [5.41, 5.74) is 0. The number of hydrogen-bond donors (Lipinski definition) is 4. The molecule has 0 aromatic heterocycles. The van der Waals surface area contributed by atoms with Crippen molar-refractivity contribution < 1.29 is 75.8 Å². The molecule has 4 N–H and O–H groups in total. The number of rotatable bonds is 89. The molecule has 16 nitrogen and oxygen atoms in total. The van der Waals surface area contributed by atoms with Crippen molar-refractivity contribution in [3.05, 3.63) is 170 Å². The molecule has 0 fully saturated rings. The zero-order valence-electron chi connectivity index (χ0n) is 75.2. The SMILES string of the molecule is CC/C=C\C/C=C\C/C=C\C/C=C\C/C=C\CCCCCCCCCCCCCCCCCCCCCC(=O)OCC(O)COP(=O)(O)OCC(O)COP(=O)(O)OCC(COC(=O)CCCCCCCCCCCCCCC/C=C\C/C=C\C/C=C\C/C=C\CCCCC)OC(=O)CCCCC/C=C\C/C=C\C/C=C\C/C=C\C/C=C\CC. The Balaban J connectivity index is 4.51. The van der Waals surface area contributed by atoms with Gasteiger partial charge in [0.25, 0.3) is 0 Å². The molecule has 0 spiro atoms. The van der Waals surface area contributed by atoms with E-state index in [1.165, 1.54) is 180 Å². The number of phosphoric acid groups is 2. The van der Waals surface area contributed by atoms with Gasteiger partial charge in [-0.05, 0) is 154 Å². The fourth-order valence-corrected chi connectivity index (χ4v) is 14.4. The first kappa shape index (κ1) is 114. The molecule has 119 heavy (non-hydrogen) atoms. The van der Waals surface area contributed by atoms with Crippen molar-refractivity contribution in [2.24, 2.45) is 0 Å². The van der Waals surface area contributed by atoms with E-state index in [1.54, 1.807) is 0 Å². The van der Waals surface area contributed by atoms with Gasteiger partial charge in [0.05, 0.1) is 26.4 Å². The summed E-state index contributed by atoms with van der Waals surface area (Å²) in [4.78, 5) is 59.0. The molecule has 0 amide bonds. The van der Waals surface area contributed by atoms with Crippen molar-refractivity contribution in [2.75, 3.05) is 39.6 Å². The van der Waals surface area contributed by atoms with Crippen LogP contribution in [-0.2, 0) is 55.8 Å². The summed E-state index contributed by atoms with van der Waals surface area (Å²) in [5, 5.41) is 20.7. The van der Waals surface area contributed by atoms with Crippen LogP contribution in [-0.4, -0.2) is 95.9 Å². The average Bonchev–Trinajstić information content (AvgIpc) is 0.924. The zero-order valence-corrected chi connectivity index (χ0v) is 77.0. The molecule has 0 saturated carbocycles. The van der Waals surface area contributed by atoms with Crippen LogP contribution in [0.3, 0.4) is 0 Å². The van der Waals surface area contributed by atoms with Crippen LogP contribution >= 0.6 is 15.6 Å². The first-order chi connectivity index (χ1) is 58.2. The molecule has 0 aliphatic rings. The van der Waals surface area contributed by atoms with Crippen molar-refractivity contribution in [2.45, 2.75) is 411 Å². The predicted molar refractivity (Wildman–Crippen MR) is 500 cm³/mol. The lowest BCUT2D eigenvalue weighted by molar-refractivity contribution is -0.161. The quantitative estimate of drug-likeness (QED) is 0.0146. The Morgan fingerprint density at radius 3 is 0.714 bits per heavy atom. The number of esters is 3. The Morgan fingerprint density at radius 2 is 0.445 bits per heavy atom. The van der Waals surface area contributed by atoms with Gasteiger partial charge in [-0.3, -0.25) is 32.5 Å². The van der Waals surface area contributed by atoms with Gasteiger partial charge in [-0.2, -0.15) is 0 Å². The molecule has 0 saturated heterocycles. The number of allylic oxidation sites excluding steroid dienone is 28. The smallest absolute Gasteiger partial charge is 0.463 e. The van der Waals surface area contributed by atoms with E-state index in [0.29, 0.717) is 19.3 Å². The molecular weight excluding hydrogens is 1530 g/mol. The van der Waals surface area contributed by atoms with E-state index in [-0.39, 0.29) is 19.3 Å². The van der Waals surface area contributed by atoms with Crippen LogP contribution < -0.4 is 0 Å². The highest BCUT2D eigenvalue weighted by molar-refractivity contribution is 7.47. The van der Waals surface area contributed by atoms with E-state index in [9.17, 15) is 43.5 Å². The Labute approximate surface area is 726 Å². The molecule has 0 aliphatic carbocycles. The molecule has 0 radical (unpaired) electrons. The molecular formula is C101H172O16P2. The lowest BCUT2D eigenvalue weighted by Crippen LogP contribution is -2.30. The standard InChI is InChI=1S/C101H172O16P2/c1-4-7-10-13-16-19-22-25-28-31-34-36-38-40-42-44-45-46-47-48-49-51-53-54-56-58-61-63-66-69-72-75-78-81-84-87-99(104)111-90-96(102)91-113-118(107,108)114-92-97(103)93-115-119(109,110)116-95-98(117-101(106)89-86-83-80-77-74-71-68-65-60-33-30-27-24-21-18-15-12-9-6-3)94-112-100(105)88-85-82-79-76-73-70-67-64-62-59-57-55-52-50-43-41-39-37-35-32-29-26-23-20-17-14-11-8-5-2/h7,9-10,12,16-21,25-30,34-37,40-43,60,65,71,74,96-98,102-103H,4-6,8,11,13-15,22-24,31-33,38-39,44-59,61-64,66-70,72-73,75-95H2,1-3H3,(H,107,108)(H,109,110)/b10-7-,12-9-,19-16-,20-17-,21-18-,28-25-,29-26-,30-27-,36-34-,37-35-,42-40-,43-41-,65-60-,74-71-. The largest absolute Gasteiger partial charge is 0.472 e. The number of hydrogen-bond acceptors (Lipinski definition) is 14. The van der Waals surface area contributed by atoms with Crippen LogP contribution in [0.1, 0.15) is 393 Å². The van der Waals surface area contributed by atoms with Crippen LogP contribution in [0, 0.1) is 0 Å². The van der Waals surface area contributed by atoms with Gasteiger partial charge in [0.1, 0.15) is 25.4 Å². The number of carbonyl (C=O) groups excluding carboxylic acids is 3. The third-order valence-electron chi connectivity index (χ3n) is 19.9. The number of unbranched alkanes of at least 4 members (excludes halogenated alkanes) is 38. The minimum Gasteiger partial charge on any atom is -0.463 e. The summed E-state index contributed by atoms with van der Waals surface area (Å²) in [5.74, 6) is -1.61. The summed E-state index contributed by atoms with van der Waals surface area (Å²) in [6.07, 6.45) is 120. The highest BCUT2D eigenvalue weighted by Crippen LogP contribution is 2.45. The monoisotopic (exact) mass is 1700 g/mol. The van der Waals surface area contributed by atoms with Crippen molar-refractivity contribution in [3.63, 3.8) is 0 Å². The van der Waals surface area contributed by atoms with Gasteiger partial charge in [-0.25, -0.2) is 9.13 Å². The molecule has 682 valence electrons. The van der Waals surface area contributed by atoms with Crippen molar-refractivity contribution in [1.82, 2.24) is 0 Å². The van der Waals surface area contributed by atoms with Crippen LogP contribution in [0.2, 0.25) is 0 Å². The van der Waals surface area contributed by atoms with E-state index in [0.717, 1.165) is 154 Å². The van der Waals surface area contributed by atoms with Gasteiger partial charge >= 0.3 is 33.6 Å². The second-order valence-corrected chi connectivity index (χ2v) is 34.3. The highest BCUT2D eigenvalue weighted by atomic mass is 31.2. The van der Waals surface area contributed by atoms with Crippen LogP contribution in [0.25, 0.3) is 0 Å². The van der Waals surface area contributed by atoms with Crippen molar-refractivity contribution in [1.29, 1.82) is 0 Å². The molecule has 18 heteroatoms. The molecule has 0 aromatic carbocycles. The van der Waals surface area contributed by atoms with E-state index in [4.69, 9.17) is 32.3 Å². The Bertz CT molecular complexity index is 2840. The maximum Gasteiger partial charge on any atom is 0.472 e. The third kappa shape index (κ3) is 93.5. The molecule has 5 atom stereocenters. The lowest BCUT2D eigenvalue weighted by atomic mass is 10.0. The molecule has 0 bridgehead atoms. The lowest BCUT2D eigenvalue weighted by Gasteiger charge is -2.21. The van der Waals surface area contributed by atoms with Gasteiger partial charge in [0.15, 0.2) is 6.10 Å². The molecule has 0 aromatic rings. The van der Waals surface area contributed by atoms with E-state index < -0.39 is 91.5 Å². The Morgan fingerprint density at radius 1 is 0.244 bits per heavy atom. The fourth-order valence-electron chi connectivity index (χ4n) is 12.8. The minimum absolute atomic E-state index is 0.0618. The zero-order chi connectivity index (χ0) is 86.5.